The highest BCUT2D eigenvalue weighted by Crippen LogP contribution is 2.25. The summed E-state index contributed by atoms with van der Waals surface area (Å²) in [6.45, 7) is 1.20. The standard InChI is InChI=1S/C10H11ClO4/c1-10(15,9(13)14)5-6-2-3-8(12)7(11)4-6/h2-4,12,15H,5H2,1H3,(H,13,14). The van der Waals surface area contributed by atoms with Crippen molar-refractivity contribution in [3.63, 3.8) is 0 Å². The Morgan fingerprint density at radius 3 is 2.60 bits per heavy atom. The molecule has 0 aliphatic heterocycles. The first-order valence-corrected chi connectivity index (χ1v) is 4.64. The molecule has 15 heavy (non-hydrogen) atoms. The summed E-state index contributed by atoms with van der Waals surface area (Å²) < 4.78 is 0. The maximum absolute atomic E-state index is 10.6. The van der Waals surface area contributed by atoms with Crippen LogP contribution in [-0.4, -0.2) is 26.9 Å². The number of rotatable bonds is 3. The minimum atomic E-state index is -1.83. The van der Waals surface area contributed by atoms with Crippen molar-refractivity contribution in [3.05, 3.63) is 28.8 Å². The van der Waals surface area contributed by atoms with Gasteiger partial charge in [0.1, 0.15) is 5.75 Å². The molecule has 0 aliphatic carbocycles. The predicted octanol–water partition coefficient (Wildman–Crippen LogP) is 1.42. The van der Waals surface area contributed by atoms with E-state index >= 15 is 0 Å². The summed E-state index contributed by atoms with van der Waals surface area (Å²) in [6.07, 6.45) is -0.0671. The molecular weight excluding hydrogens is 220 g/mol. The third kappa shape index (κ3) is 2.84. The molecular formula is C10H11ClO4. The molecule has 0 fully saturated rings. The number of carboxylic acid groups (broad SMARTS) is 1. The van der Waals surface area contributed by atoms with Crippen LogP contribution < -0.4 is 0 Å². The Morgan fingerprint density at radius 2 is 2.13 bits per heavy atom. The van der Waals surface area contributed by atoms with Gasteiger partial charge in [-0.3, -0.25) is 0 Å². The van der Waals surface area contributed by atoms with Crippen molar-refractivity contribution >= 4 is 17.6 Å². The van der Waals surface area contributed by atoms with E-state index in [1.807, 2.05) is 0 Å². The van der Waals surface area contributed by atoms with Crippen LogP contribution in [-0.2, 0) is 11.2 Å². The van der Waals surface area contributed by atoms with Crippen molar-refractivity contribution in [2.75, 3.05) is 0 Å². The molecule has 0 heterocycles. The van der Waals surface area contributed by atoms with Gasteiger partial charge in [-0.2, -0.15) is 0 Å². The second-order valence-corrected chi connectivity index (χ2v) is 3.95. The Labute approximate surface area is 91.7 Å². The van der Waals surface area contributed by atoms with Gasteiger partial charge in [-0.25, -0.2) is 4.79 Å². The zero-order valence-corrected chi connectivity index (χ0v) is 8.82. The van der Waals surface area contributed by atoms with Crippen LogP contribution in [0.4, 0.5) is 0 Å². The topological polar surface area (TPSA) is 77.8 Å². The average molecular weight is 231 g/mol. The van der Waals surface area contributed by atoms with E-state index in [4.69, 9.17) is 21.8 Å². The van der Waals surface area contributed by atoms with Crippen LogP contribution >= 0.6 is 11.6 Å². The van der Waals surface area contributed by atoms with Crippen molar-refractivity contribution in [2.24, 2.45) is 0 Å². The lowest BCUT2D eigenvalue weighted by Gasteiger charge is -2.17. The summed E-state index contributed by atoms with van der Waals surface area (Å²) in [6, 6.07) is 4.29. The molecule has 1 unspecified atom stereocenters. The summed E-state index contributed by atoms with van der Waals surface area (Å²) in [5.41, 5.74) is -1.29. The molecule has 5 heteroatoms. The van der Waals surface area contributed by atoms with Crippen molar-refractivity contribution in [2.45, 2.75) is 18.9 Å². The Kier molecular flexibility index (Phi) is 3.21. The highest BCUT2D eigenvalue weighted by molar-refractivity contribution is 6.32. The lowest BCUT2D eigenvalue weighted by Crippen LogP contribution is -2.37. The second kappa shape index (κ2) is 4.08. The summed E-state index contributed by atoms with van der Waals surface area (Å²) >= 11 is 5.64. The first-order valence-electron chi connectivity index (χ1n) is 4.26. The van der Waals surface area contributed by atoms with Crippen LogP contribution in [0.25, 0.3) is 0 Å². The summed E-state index contributed by atoms with van der Waals surface area (Å²) in [5.74, 6) is -1.37. The molecule has 0 aliphatic rings. The van der Waals surface area contributed by atoms with E-state index in [1.165, 1.54) is 25.1 Å². The Hall–Kier alpha value is -1.26. The van der Waals surface area contributed by atoms with Crippen LogP contribution in [0, 0.1) is 0 Å². The predicted molar refractivity (Wildman–Crippen MR) is 55.1 cm³/mol. The lowest BCUT2D eigenvalue weighted by atomic mass is 9.97. The Morgan fingerprint density at radius 1 is 1.53 bits per heavy atom. The van der Waals surface area contributed by atoms with E-state index < -0.39 is 11.6 Å². The molecule has 0 saturated heterocycles. The number of carbonyl (C=O) groups is 1. The van der Waals surface area contributed by atoms with Gasteiger partial charge in [0.25, 0.3) is 0 Å². The molecule has 4 nitrogen and oxygen atoms in total. The third-order valence-corrected chi connectivity index (χ3v) is 2.32. The molecule has 0 radical (unpaired) electrons. The van der Waals surface area contributed by atoms with E-state index in [0.717, 1.165) is 0 Å². The van der Waals surface area contributed by atoms with Gasteiger partial charge < -0.3 is 15.3 Å². The molecule has 1 aromatic carbocycles. The lowest BCUT2D eigenvalue weighted by molar-refractivity contribution is -0.156. The van der Waals surface area contributed by atoms with Gasteiger partial charge in [-0.05, 0) is 24.6 Å². The number of phenolic OH excluding ortho intramolecular Hbond substituents is 1. The van der Waals surface area contributed by atoms with Crippen LogP contribution in [0.3, 0.4) is 0 Å². The van der Waals surface area contributed by atoms with Gasteiger partial charge in [-0.1, -0.05) is 17.7 Å². The van der Waals surface area contributed by atoms with E-state index in [0.29, 0.717) is 5.56 Å². The zero-order valence-electron chi connectivity index (χ0n) is 8.07. The normalized spacial score (nSPS) is 14.6. The van der Waals surface area contributed by atoms with Crippen LogP contribution in [0.2, 0.25) is 5.02 Å². The van der Waals surface area contributed by atoms with Crippen LogP contribution in [0.5, 0.6) is 5.75 Å². The number of aromatic hydroxyl groups is 1. The van der Waals surface area contributed by atoms with Gasteiger partial charge >= 0.3 is 5.97 Å². The molecule has 0 aromatic heterocycles. The number of phenols is 1. The minimum absolute atomic E-state index is 0.0671. The summed E-state index contributed by atoms with van der Waals surface area (Å²) in [4.78, 5) is 10.6. The number of aliphatic hydroxyl groups is 1. The number of halogens is 1. The molecule has 82 valence electrons. The highest BCUT2D eigenvalue weighted by atomic mass is 35.5. The van der Waals surface area contributed by atoms with E-state index in [-0.39, 0.29) is 17.2 Å². The number of carboxylic acids is 1. The van der Waals surface area contributed by atoms with E-state index in [1.54, 1.807) is 0 Å². The Bertz CT molecular complexity index is 387. The van der Waals surface area contributed by atoms with Crippen LogP contribution in [0.1, 0.15) is 12.5 Å². The first kappa shape index (κ1) is 11.8. The monoisotopic (exact) mass is 230 g/mol. The van der Waals surface area contributed by atoms with Crippen LogP contribution in [0.15, 0.2) is 18.2 Å². The SMILES string of the molecule is CC(O)(Cc1ccc(O)c(Cl)c1)C(=O)O. The largest absolute Gasteiger partial charge is 0.506 e. The van der Waals surface area contributed by atoms with Crippen molar-refractivity contribution < 1.29 is 20.1 Å². The van der Waals surface area contributed by atoms with Crippen molar-refractivity contribution in [1.29, 1.82) is 0 Å². The molecule has 0 bridgehead atoms. The quantitative estimate of drug-likeness (QED) is 0.734. The fraction of sp³-hybridized carbons (Fsp3) is 0.300. The van der Waals surface area contributed by atoms with Crippen molar-refractivity contribution in [3.8, 4) is 5.75 Å². The van der Waals surface area contributed by atoms with E-state index in [2.05, 4.69) is 0 Å². The molecule has 3 N–H and O–H groups in total. The smallest absolute Gasteiger partial charge is 0.335 e. The Balaban J connectivity index is 2.91. The van der Waals surface area contributed by atoms with Gasteiger partial charge in [0.05, 0.1) is 5.02 Å². The van der Waals surface area contributed by atoms with Gasteiger partial charge in [0, 0.05) is 6.42 Å². The maximum Gasteiger partial charge on any atom is 0.335 e. The van der Waals surface area contributed by atoms with Gasteiger partial charge in [0.15, 0.2) is 5.60 Å². The number of benzene rings is 1. The zero-order chi connectivity index (χ0) is 11.6. The molecule has 0 saturated carbocycles. The molecule has 0 amide bonds. The maximum atomic E-state index is 10.6. The fourth-order valence-corrected chi connectivity index (χ4v) is 1.34. The molecule has 0 spiro atoms. The first-order chi connectivity index (χ1) is 6.83. The number of hydrogen-bond acceptors (Lipinski definition) is 3. The van der Waals surface area contributed by atoms with Gasteiger partial charge in [0.2, 0.25) is 0 Å². The van der Waals surface area contributed by atoms with Crippen molar-refractivity contribution in [1.82, 2.24) is 0 Å². The number of hydrogen-bond donors (Lipinski definition) is 3. The molecule has 1 rings (SSSR count). The molecule has 1 aromatic rings. The van der Waals surface area contributed by atoms with Gasteiger partial charge in [-0.15, -0.1) is 0 Å². The fourth-order valence-electron chi connectivity index (χ4n) is 1.13. The minimum Gasteiger partial charge on any atom is -0.506 e. The highest BCUT2D eigenvalue weighted by Gasteiger charge is 2.30. The second-order valence-electron chi connectivity index (χ2n) is 3.54. The summed E-state index contributed by atoms with van der Waals surface area (Å²) in [5, 5.41) is 27.5. The number of aliphatic carboxylic acids is 1. The average Bonchev–Trinajstić information content (AvgIpc) is 2.10. The molecule has 1 atom stereocenters. The third-order valence-electron chi connectivity index (χ3n) is 2.02. The van der Waals surface area contributed by atoms with E-state index in [9.17, 15) is 9.90 Å². The summed E-state index contributed by atoms with van der Waals surface area (Å²) in [7, 11) is 0.